The highest BCUT2D eigenvalue weighted by Gasteiger charge is 2.35. The van der Waals surface area contributed by atoms with Gasteiger partial charge in [0.05, 0.1) is 11.4 Å². The van der Waals surface area contributed by atoms with E-state index in [2.05, 4.69) is 4.98 Å². The SMILES string of the molecule is CCCN1c2cc(C)ccc2C(O)=C(N(C=O)c2ccncc2)C1O. The van der Waals surface area contributed by atoms with Gasteiger partial charge < -0.3 is 15.1 Å². The second-order valence-corrected chi connectivity index (χ2v) is 6.00. The molecule has 0 bridgehead atoms. The Morgan fingerprint density at radius 2 is 2.00 bits per heavy atom. The summed E-state index contributed by atoms with van der Waals surface area (Å²) in [5, 5.41) is 21.7. The van der Waals surface area contributed by atoms with Crippen LogP contribution < -0.4 is 9.80 Å². The molecular weight excluding hydrogens is 318 g/mol. The Kier molecular flexibility index (Phi) is 4.72. The number of anilines is 2. The van der Waals surface area contributed by atoms with Crippen molar-refractivity contribution < 1.29 is 15.0 Å². The molecule has 6 heteroatoms. The van der Waals surface area contributed by atoms with Gasteiger partial charge in [0.15, 0.2) is 6.23 Å². The summed E-state index contributed by atoms with van der Waals surface area (Å²) in [4.78, 5) is 18.8. The van der Waals surface area contributed by atoms with Crippen molar-refractivity contribution in [3.63, 3.8) is 0 Å². The van der Waals surface area contributed by atoms with E-state index >= 15 is 0 Å². The van der Waals surface area contributed by atoms with E-state index in [1.54, 1.807) is 29.4 Å². The third-order valence-electron chi connectivity index (χ3n) is 4.27. The summed E-state index contributed by atoms with van der Waals surface area (Å²) in [6, 6.07) is 8.93. The minimum atomic E-state index is -1.13. The number of carbonyl (C=O) groups excluding carboxylic acids is 1. The van der Waals surface area contributed by atoms with Gasteiger partial charge in [-0.1, -0.05) is 13.0 Å². The summed E-state index contributed by atoms with van der Waals surface area (Å²) >= 11 is 0. The molecule has 0 aliphatic carbocycles. The van der Waals surface area contributed by atoms with Crippen molar-refractivity contribution >= 4 is 23.5 Å². The Hall–Kier alpha value is -2.86. The summed E-state index contributed by atoms with van der Waals surface area (Å²) < 4.78 is 0. The van der Waals surface area contributed by atoms with Crippen LogP contribution in [0, 0.1) is 6.92 Å². The number of hydrogen-bond donors (Lipinski definition) is 2. The van der Waals surface area contributed by atoms with Crippen molar-refractivity contribution in [2.24, 2.45) is 0 Å². The third-order valence-corrected chi connectivity index (χ3v) is 4.27. The quantitative estimate of drug-likeness (QED) is 0.819. The van der Waals surface area contributed by atoms with Crippen molar-refractivity contribution in [3.8, 4) is 0 Å². The Balaban J connectivity index is 2.18. The number of nitrogens with zero attached hydrogens (tertiary/aromatic N) is 3. The maximum Gasteiger partial charge on any atom is 0.218 e. The highest BCUT2D eigenvalue weighted by Crippen LogP contribution is 2.39. The number of aliphatic hydroxyl groups is 2. The molecule has 0 radical (unpaired) electrons. The molecule has 2 heterocycles. The largest absolute Gasteiger partial charge is 0.505 e. The fraction of sp³-hybridized carbons (Fsp3) is 0.263. The standard InChI is InChI=1S/C19H21N3O3/c1-3-10-21-16-11-13(2)4-5-15(16)18(24)17(19(21)25)22(12-23)14-6-8-20-9-7-14/h4-9,11-12,19,24-25H,3,10H2,1-2H3. The minimum absolute atomic E-state index is 0.0984. The van der Waals surface area contributed by atoms with E-state index in [0.717, 1.165) is 17.7 Å². The summed E-state index contributed by atoms with van der Waals surface area (Å²) in [5.74, 6) is -0.0984. The monoisotopic (exact) mass is 339 g/mol. The lowest BCUT2D eigenvalue weighted by Crippen LogP contribution is -2.46. The molecule has 1 aromatic carbocycles. The second-order valence-electron chi connectivity index (χ2n) is 6.00. The lowest BCUT2D eigenvalue weighted by atomic mass is 9.99. The number of rotatable bonds is 5. The molecule has 1 aliphatic rings. The first-order chi connectivity index (χ1) is 12.1. The molecule has 2 aromatic rings. The topological polar surface area (TPSA) is 76.9 Å². The number of carbonyl (C=O) groups is 1. The van der Waals surface area contributed by atoms with Gasteiger partial charge in [-0.05, 0) is 43.2 Å². The number of fused-ring (bicyclic) bond motifs is 1. The normalized spacial score (nSPS) is 16.6. The zero-order valence-electron chi connectivity index (χ0n) is 14.3. The van der Waals surface area contributed by atoms with E-state index < -0.39 is 6.23 Å². The molecule has 0 spiro atoms. The Bertz CT molecular complexity index is 805. The molecule has 0 saturated carbocycles. The van der Waals surface area contributed by atoms with Gasteiger partial charge in [-0.3, -0.25) is 14.7 Å². The summed E-state index contributed by atoms with van der Waals surface area (Å²) in [6.45, 7) is 4.57. The van der Waals surface area contributed by atoms with Crippen LogP contribution in [0.1, 0.15) is 24.5 Å². The van der Waals surface area contributed by atoms with E-state index in [9.17, 15) is 15.0 Å². The molecule has 130 valence electrons. The van der Waals surface area contributed by atoms with Gasteiger partial charge in [-0.15, -0.1) is 0 Å². The van der Waals surface area contributed by atoms with Gasteiger partial charge in [0.2, 0.25) is 6.41 Å². The summed E-state index contributed by atoms with van der Waals surface area (Å²) in [6.07, 6.45) is 3.38. The predicted octanol–water partition coefficient (Wildman–Crippen LogP) is 2.83. The van der Waals surface area contributed by atoms with Crippen LogP contribution in [-0.4, -0.2) is 34.4 Å². The zero-order chi connectivity index (χ0) is 18.0. The van der Waals surface area contributed by atoms with Crippen molar-refractivity contribution in [2.75, 3.05) is 16.3 Å². The van der Waals surface area contributed by atoms with E-state index in [4.69, 9.17) is 0 Å². The number of benzene rings is 1. The molecule has 1 amide bonds. The Morgan fingerprint density at radius 3 is 2.64 bits per heavy atom. The van der Waals surface area contributed by atoms with Gasteiger partial charge in [-0.25, -0.2) is 0 Å². The van der Waals surface area contributed by atoms with Crippen molar-refractivity contribution in [2.45, 2.75) is 26.5 Å². The average molecular weight is 339 g/mol. The smallest absolute Gasteiger partial charge is 0.218 e. The maximum absolute atomic E-state index is 11.8. The van der Waals surface area contributed by atoms with Crippen LogP contribution in [0.5, 0.6) is 0 Å². The van der Waals surface area contributed by atoms with Crippen LogP contribution in [0.15, 0.2) is 48.4 Å². The summed E-state index contributed by atoms with van der Waals surface area (Å²) in [7, 11) is 0. The minimum Gasteiger partial charge on any atom is -0.505 e. The molecular formula is C19H21N3O3. The highest BCUT2D eigenvalue weighted by atomic mass is 16.3. The zero-order valence-corrected chi connectivity index (χ0v) is 14.3. The van der Waals surface area contributed by atoms with Crippen molar-refractivity contribution in [1.29, 1.82) is 0 Å². The molecule has 0 saturated heterocycles. The molecule has 2 N–H and O–H groups in total. The van der Waals surface area contributed by atoms with Gasteiger partial charge in [0, 0.05) is 24.5 Å². The van der Waals surface area contributed by atoms with E-state index in [-0.39, 0.29) is 11.5 Å². The number of amides is 1. The molecule has 1 aliphatic heterocycles. The Labute approximate surface area is 146 Å². The highest BCUT2D eigenvalue weighted by molar-refractivity contribution is 5.89. The molecule has 6 nitrogen and oxygen atoms in total. The van der Waals surface area contributed by atoms with Crippen molar-refractivity contribution in [1.82, 2.24) is 4.98 Å². The van der Waals surface area contributed by atoms with Gasteiger partial charge in [0.1, 0.15) is 11.5 Å². The van der Waals surface area contributed by atoms with Gasteiger partial charge in [0.25, 0.3) is 0 Å². The number of aliphatic hydroxyl groups excluding tert-OH is 2. The summed E-state index contributed by atoms with van der Waals surface area (Å²) in [5.41, 5.74) is 3.06. The first-order valence-electron chi connectivity index (χ1n) is 8.22. The van der Waals surface area contributed by atoms with Crippen LogP contribution in [-0.2, 0) is 4.79 Å². The van der Waals surface area contributed by atoms with Gasteiger partial charge in [-0.2, -0.15) is 0 Å². The number of aromatic nitrogens is 1. The molecule has 1 atom stereocenters. The second kappa shape index (κ2) is 6.94. The fourth-order valence-corrected chi connectivity index (χ4v) is 3.10. The van der Waals surface area contributed by atoms with Crippen LogP contribution in [0.3, 0.4) is 0 Å². The van der Waals surface area contributed by atoms with Crippen molar-refractivity contribution in [3.05, 3.63) is 59.5 Å². The Morgan fingerprint density at radius 1 is 1.28 bits per heavy atom. The number of pyridine rings is 1. The van der Waals surface area contributed by atoms with Gasteiger partial charge >= 0.3 is 0 Å². The number of aryl methyl sites for hydroxylation is 1. The lowest BCUT2D eigenvalue weighted by molar-refractivity contribution is -0.107. The van der Waals surface area contributed by atoms with Crippen LogP contribution in [0.2, 0.25) is 0 Å². The predicted molar refractivity (Wildman–Crippen MR) is 97.2 cm³/mol. The molecule has 0 fully saturated rings. The molecule has 1 unspecified atom stereocenters. The number of hydrogen-bond acceptors (Lipinski definition) is 5. The lowest BCUT2D eigenvalue weighted by Gasteiger charge is -2.39. The van der Waals surface area contributed by atoms with Crippen LogP contribution in [0.4, 0.5) is 11.4 Å². The maximum atomic E-state index is 11.8. The molecule has 25 heavy (non-hydrogen) atoms. The molecule has 1 aromatic heterocycles. The molecule has 3 rings (SSSR count). The first kappa shape index (κ1) is 17.0. The van der Waals surface area contributed by atoms with E-state index in [1.807, 2.05) is 32.0 Å². The third kappa shape index (κ3) is 2.96. The first-order valence-corrected chi connectivity index (χ1v) is 8.22. The van der Waals surface area contributed by atoms with E-state index in [1.165, 1.54) is 4.90 Å². The van der Waals surface area contributed by atoms with Crippen LogP contribution >= 0.6 is 0 Å². The fourth-order valence-electron chi connectivity index (χ4n) is 3.10. The average Bonchev–Trinajstić information content (AvgIpc) is 2.62. The van der Waals surface area contributed by atoms with E-state index in [0.29, 0.717) is 24.2 Å². The van der Waals surface area contributed by atoms with Crippen LogP contribution in [0.25, 0.3) is 5.76 Å².